The highest BCUT2D eigenvalue weighted by Gasteiger charge is 2.63. The second kappa shape index (κ2) is 12.4. The maximum atomic E-state index is 13.9. The number of methoxy groups -OCH3 is 1. The molecule has 4 rings (SSSR count). The van der Waals surface area contributed by atoms with Gasteiger partial charge in [0.25, 0.3) is 5.60 Å². The molecule has 222 valence electrons. The minimum Gasteiger partial charge on any atom is -0.489 e. The molecular formula is C32H31F4NO5. The van der Waals surface area contributed by atoms with Crippen LogP contribution in [0.25, 0.3) is 0 Å². The maximum absolute atomic E-state index is 13.9. The molecule has 1 fully saturated rings. The van der Waals surface area contributed by atoms with E-state index < -0.39 is 41.2 Å². The van der Waals surface area contributed by atoms with E-state index >= 15 is 0 Å². The zero-order chi connectivity index (χ0) is 30.7. The molecule has 42 heavy (non-hydrogen) atoms. The van der Waals surface area contributed by atoms with Gasteiger partial charge in [-0.05, 0) is 61.6 Å². The van der Waals surface area contributed by atoms with Crippen LogP contribution >= 0.6 is 0 Å². The van der Waals surface area contributed by atoms with Gasteiger partial charge in [0, 0.05) is 11.3 Å². The summed E-state index contributed by atoms with van der Waals surface area (Å²) in [6.45, 7) is 3.46. The van der Waals surface area contributed by atoms with Gasteiger partial charge in [-0.15, -0.1) is 0 Å². The van der Waals surface area contributed by atoms with Crippen molar-refractivity contribution in [1.82, 2.24) is 4.90 Å². The molecule has 0 spiro atoms. The van der Waals surface area contributed by atoms with Gasteiger partial charge in [0.15, 0.2) is 5.83 Å². The molecule has 1 amide bonds. The van der Waals surface area contributed by atoms with Crippen molar-refractivity contribution in [3.8, 4) is 5.75 Å². The van der Waals surface area contributed by atoms with Crippen molar-refractivity contribution in [3.05, 3.63) is 106 Å². The van der Waals surface area contributed by atoms with Crippen LogP contribution in [-0.2, 0) is 20.7 Å². The van der Waals surface area contributed by atoms with Crippen LogP contribution in [0.1, 0.15) is 43.7 Å². The Kier molecular flexibility index (Phi) is 9.09. The predicted octanol–water partition coefficient (Wildman–Crippen LogP) is 6.09. The molecule has 1 saturated heterocycles. The number of carbonyl (C=O) groups is 2. The third-order valence-corrected chi connectivity index (χ3v) is 7.41. The normalized spacial score (nSPS) is 23.4. The molecule has 0 saturated carbocycles. The number of likely N-dealkylation sites (tertiary alicyclic amines) is 1. The van der Waals surface area contributed by atoms with Crippen molar-refractivity contribution in [1.29, 1.82) is 0 Å². The number of hydrogen-bond donors (Lipinski definition) is 1. The quantitative estimate of drug-likeness (QED) is 0.242. The monoisotopic (exact) mass is 585 g/mol. The minimum atomic E-state index is -5.28. The van der Waals surface area contributed by atoms with Crippen LogP contribution in [0.5, 0.6) is 5.75 Å². The lowest BCUT2D eigenvalue weighted by molar-refractivity contribution is -0.237. The minimum absolute atomic E-state index is 0.0362. The molecule has 6 nitrogen and oxygen atoms in total. The first-order valence-electron chi connectivity index (χ1n) is 13.4. The van der Waals surface area contributed by atoms with Gasteiger partial charge in [-0.3, -0.25) is 9.59 Å². The average Bonchev–Trinajstić information content (AvgIpc) is 3.14. The van der Waals surface area contributed by atoms with E-state index in [0.29, 0.717) is 22.6 Å². The molecule has 2 aliphatic rings. The number of alkyl halides is 3. The van der Waals surface area contributed by atoms with Gasteiger partial charge in [-0.2, -0.15) is 17.6 Å². The Hall–Kier alpha value is -4.14. The zero-order valence-corrected chi connectivity index (χ0v) is 23.4. The fraction of sp³-hybridized carbons (Fsp3) is 0.344. The van der Waals surface area contributed by atoms with Gasteiger partial charge < -0.3 is 19.5 Å². The van der Waals surface area contributed by atoms with Crippen molar-refractivity contribution in [2.45, 2.75) is 56.9 Å². The summed E-state index contributed by atoms with van der Waals surface area (Å²) in [6, 6.07) is 15.9. The van der Waals surface area contributed by atoms with Gasteiger partial charge >= 0.3 is 12.1 Å². The topological polar surface area (TPSA) is 76.1 Å². The number of amides is 1. The Morgan fingerprint density at radius 1 is 1.19 bits per heavy atom. The van der Waals surface area contributed by atoms with Gasteiger partial charge in [0.2, 0.25) is 5.91 Å². The number of nitrogens with zero attached hydrogens (tertiary/aromatic N) is 1. The highest BCUT2D eigenvalue weighted by atomic mass is 19.4. The van der Waals surface area contributed by atoms with E-state index in [1.807, 2.05) is 23.9 Å². The van der Waals surface area contributed by atoms with Crippen LogP contribution in [0, 0.1) is 0 Å². The summed E-state index contributed by atoms with van der Waals surface area (Å²) in [4.78, 5) is 27.1. The third-order valence-electron chi connectivity index (χ3n) is 7.41. The fourth-order valence-electron chi connectivity index (χ4n) is 5.03. The molecule has 1 N–H and O–H groups in total. The molecule has 1 heterocycles. The van der Waals surface area contributed by atoms with Crippen LogP contribution in [-0.4, -0.2) is 53.4 Å². The highest BCUT2D eigenvalue weighted by Crippen LogP contribution is 2.48. The van der Waals surface area contributed by atoms with E-state index in [0.717, 1.165) is 11.6 Å². The molecule has 0 bridgehead atoms. The average molecular weight is 586 g/mol. The Morgan fingerprint density at radius 3 is 2.52 bits per heavy atom. The van der Waals surface area contributed by atoms with Crippen molar-refractivity contribution in [2.24, 2.45) is 0 Å². The Labute approximate surface area is 241 Å². The van der Waals surface area contributed by atoms with Gasteiger partial charge in [0.1, 0.15) is 11.9 Å². The first kappa shape index (κ1) is 30.8. The summed E-state index contributed by atoms with van der Waals surface area (Å²) in [7, 11) is 1.29. The van der Waals surface area contributed by atoms with E-state index in [9.17, 15) is 32.3 Å². The van der Waals surface area contributed by atoms with E-state index in [1.54, 1.807) is 56.3 Å². The second-order valence-corrected chi connectivity index (χ2v) is 10.2. The highest BCUT2D eigenvalue weighted by molar-refractivity contribution is 5.85. The lowest BCUT2D eigenvalue weighted by Gasteiger charge is -2.34. The van der Waals surface area contributed by atoms with Gasteiger partial charge in [0.05, 0.1) is 26.0 Å². The van der Waals surface area contributed by atoms with E-state index in [1.165, 1.54) is 12.0 Å². The summed E-state index contributed by atoms with van der Waals surface area (Å²) in [5, 5.41) is 10.2. The lowest BCUT2D eigenvalue weighted by atomic mass is 9.82. The van der Waals surface area contributed by atoms with Crippen LogP contribution in [0.15, 0.2) is 95.2 Å². The van der Waals surface area contributed by atoms with Gasteiger partial charge in [-0.25, -0.2) is 0 Å². The number of rotatable bonds is 7. The largest absolute Gasteiger partial charge is 0.489 e. The number of esters is 1. The summed E-state index contributed by atoms with van der Waals surface area (Å²) >= 11 is 0. The smallest absolute Gasteiger partial charge is 0.429 e. The van der Waals surface area contributed by atoms with E-state index in [4.69, 9.17) is 9.47 Å². The molecule has 2 aromatic rings. The molecule has 1 aliphatic carbocycles. The van der Waals surface area contributed by atoms with Crippen molar-refractivity contribution < 1.29 is 41.7 Å². The van der Waals surface area contributed by atoms with Crippen molar-refractivity contribution in [2.75, 3.05) is 13.7 Å². The number of benzene rings is 2. The predicted molar refractivity (Wildman–Crippen MR) is 147 cm³/mol. The summed E-state index contributed by atoms with van der Waals surface area (Å²) in [5.74, 6) is -2.70. The van der Waals surface area contributed by atoms with Crippen molar-refractivity contribution >= 4 is 11.9 Å². The van der Waals surface area contributed by atoms with Crippen LogP contribution in [0.3, 0.4) is 0 Å². The Morgan fingerprint density at radius 2 is 1.90 bits per heavy atom. The number of carbonyl (C=O) groups excluding carboxylic acids is 2. The summed E-state index contributed by atoms with van der Waals surface area (Å²) in [6.07, 6.45) is -2.72. The second-order valence-electron chi connectivity index (χ2n) is 10.2. The van der Waals surface area contributed by atoms with Crippen molar-refractivity contribution in [3.63, 3.8) is 0 Å². The molecule has 1 aliphatic heterocycles. The lowest BCUT2D eigenvalue weighted by Crippen LogP contribution is -2.50. The first-order chi connectivity index (χ1) is 19.9. The number of aliphatic hydroxyl groups is 1. The Bertz CT molecular complexity index is 1470. The molecule has 10 heteroatoms. The number of ether oxygens (including phenoxy) is 2. The Balaban J connectivity index is 1.70. The SMILES string of the molecule is C/C=C1\C(=C/C2=C=C(F)C2(O)C(F)(F)F)CC[C@H](Oc2cccc(CC(=O)OC)c2)CN1C(=O)[C@@H](C)c1ccccc1. The molecule has 2 aromatic carbocycles. The fourth-order valence-corrected chi connectivity index (χ4v) is 5.03. The van der Waals surface area contributed by atoms with Crippen LogP contribution < -0.4 is 4.74 Å². The molecule has 3 atom stereocenters. The van der Waals surface area contributed by atoms with Crippen LogP contribution in [0.2, 0.25) is 0 Å². The van der Waals surface area contributed by atoms with Gasteiger partial charge in [-0.1, -0.05) is 54.3 Å². The van der Waals surface area contributed by atoms with E-state index in [-0.39, 0.29) is 31.7 Å². The molecule has 1 unspecified atom stereocenters. The summed E-state index contributed by atoms with van der Waals surface area (Å²) < 4.78 is 65.7. The first-order valence-corrected chi connectivity index (χ1v) is 13.4. The number of allylic oxidation sites excluding steroid dienone is 2. The number of hydrogen-bond acceptors (Lipinski definition) is 5. The third kappa shape index (κ3) is 6.20. The standard InChI is InChI=1S/C32H31F4NO5/c1-4-27-23(17-24-18-28(33)31(24,40)32(34,35)36)13-14-26(42-25-12-8-9-21(15-25)16-29(38)41-3)19-37(27)30(39)20(2)22-10-6-5-7-11-22/h4-12,15,17,20,26,40H,13-14,16,19H2,1-3H3/b23-17-,27-4+/t20-,26-,31?/m0/s1. The maximum Gasteiger partial charge on any atom is 0.429 e. The number of halogens is 4. The van der Waals surface area contributed by atoms with Crippen LogP contribution in [0.4, 0.5) is 17.6 Å². The molecule has 0 radical (unpaired) electrons. The van der Waals surface area contributed by atoms with E-state index in [2.05, 4.69) is 0 Å². The summed E-state index contributed by atoms with van der Waals surface area (Å²) in [5.41, 5.74) is -0.537. The zero-order valence-electron chi connectivity index (χ0n) is 23.4. The molecular weight excluding hydrogens is 554 g/mol. The molecule has 0 aromatic heterocycles.